The highest BCUT2D eigenvalue weighted by Crippen LogP contribution is 2.24. The molecule has 1 saturated heterocycles. The van der Waals surface area contributed by atoms with Gasteiger partial charge in [0.1, 0.15) is 5.75 Å². The first-order chi connectivity index (χ1) is 14.5. The Morgan fingerprint density at radius 3 is 2.50 bits per heavy atom. The van der Waals surface area contributed by atoms with E-state index < -0.39 is 6.10 Å². The van der Waals surface area contributed by atoms with Crippen molar-refractivity contribution in [1.29, 1.82) is 0 Å². The molecule has 2 aromatic carbocycles. The van der Waals surface area contributed by atoms with Gasteiger partial charge in [0.25, 0.3) is 5.91 Å². The van der Waals surface area contributed by atoms with Crippen LogP contribution in [-0.4, -0.2) is 60.8 Å². The summed E-state index contributed by atoms with van der Waals surface area (Å²) in [6.07, 6.45) is -0.0713. The molecule has 8 heteroatoms. The first-order valence-electron chi connectivity index (χ1n) is 9.85. The van der Waals surface area contributed by atoms with E-state index in [-0.39, 0.29) is 5.91 Å². The summed E-state index contributed by atoms with van der Waals surface area (Å²) >= 11 is 12.1. The number of hydrogen-bond acceptors (Lipinski definition) is 5. The number of rotatable bonds is 5. The number of ether oxygens (including phenoxy) is 1. The maximum atomic E-state index is 12.9. The third-order valence-corrected chi connectivity index (χ3v) is 6.18. The summed E-state index contributed by atoms with van der Waals surface area (Å²) in [5.74, 6) is 0.779. The van der Waals surface area contributed by atoms with Gasteiger partial charge >= 0.3 is 0 Å². The molecule has 1 amide bonds. The summed E-state index contributed by atoms with van der Waals surface area (Å²) in [7, 11) is 1.63. The average molecular weight is 448 g/mol. The van der Waals surface area contributed by atoms with Crippen LogP contribution in [0.3, 0.4) is 0 Å². The van der Waals surface area contributed by atoms with E-state index in [2.05, 4.69) is 10.1 Å². The summed E-state index contributed by atoms with van der Waals surface area (Å²) in [6.45, 7) is 3.70. The molecular weight excluding hydrogens is 425 g/mol. The van der Waals surface area contributed by atoms with Crippen LogP contribution in [0.25, 0.3) is 0 Å². The van der Waals surface area contributed by atoms with Crippen LogP contribution >= 0.6 is 23.2 Å². The van der Waals surface area contributed by atoms with E-state index >= 15 is 0 Å². The van der Waals surface area contributed by atoms with Crippen LogP contribution in [0.1, 0.15) is 17.5 Å². The molecule has 1 fully saturated rings. The zero-order valence-electron chi connectivity index (χ0n) is 16.7. The van der Waals surface area contributed by atoms with Crippen molar-refractivity contribution in [2.45, 2.75) is 19.1 Å². The van der Waals surface area contributed by atoms with Crippen molar-refractivity contribution in [3.8, 4) is 5.75 Å². The minimum Gasteiger partial charge on any atom is -0.497 e. The smallest absolute Gasteiger partial charge is 0.266 e. The highest BCUT2D eigenvalue weighted by Gasteiger charge is 2.33. The molecule has 0 spiro atoms. The van der Waals surface area contributed by atoms with E-state index in [9.17, 15) is 4.79 Å². The SMILES string of the molecule is COc1ccc(C2=NOC(C(=O)N3CCN(Cc4ccc(Cl)c(Cl)c4)CC3)C2)cc1. The van der Waals surface area contributed by atoms with Crippen molar-refractivity contribution in [2.24, 2.45) is 5.16 Å². The molecule has 0 saturated carbocycles. The fourth-order valence-corrected chi connectivity index (χ4v) is 4.01. The average Bonchev–Trinajstić information content (AvgIpc) is 3.27. The Hall–Kier alpha value is -2.28. The Morgan fingerprint density at radius 2 is 1.83 bits per heavy atom. The van der Waals surface area contributed by atoms with Gasteiger partial charge in [-0.15, -0.1) is 0 Å². The summed E-state index contributed by atoms with van der Waals surface area (Å²) < 4.78 is 5.18. The molecule has 2 heterocycles. The lowest BCUT2D eigenvalue weighted by Gasteiger charge is -2.35. The van der Waals surface area contributed by atoms with Crippen molar-refractivity contribution in [2.75, 3.05) is 33.3 Å². The van der Waals surface area contributed by atoms with Crippen LogP contribution in [0.2, 0.25) is 10.0 Å². The normalized spacial score (nSPS) is 19.4. The number of nitrogens with zero attached hydrogens (tertiary/aromatic N) is 3. The predicted octanol–water partition coefficient (Wildman–Crippen LogP) is 3.84. The second-order valence-electron chi connectivity index (χ2n) is 7.41. The van der Waals surface area contributed by atoms with Crippen molar-refractivity contribution < 1.29 is 14.4 Å². The van der Waals surface area contributed by atoms with Crippen molar-refractivity contribution in [3.63, 3.8) is 0 Å². The molecule has 1 unspecified atom stereocenters. The standard InChI is InChI=1S/C22H23Cl2N3O3/c1-29-17-5-3-16(4-6-17)20-13-21(30-25-20)22(28)27-10-8-26(9-11-27)14-15-2-7-18(23)19(24)12-15/h2-7,12,21H,8-11,13-14H2,1H3. The molecule has 4 rings (SSSR count). The second kappa shape index (κ2) is 9.25. The molecule has 0 bridgehead atoms. The van der Waals surface area contributed by atoms with E-state index in [1.165, 1.54) is 0 Å². The zero-order valence-corrected chi connectivity index (χ0v) is 18.2. The van der Waals surface area contributed by atoms with E-state index in [1.807, 2.05) is 47.4 Å². The van der Waals surface area contributed by atoms with Gasteiger partial charge in [-0.25, -0.2) is 0 Å². The van der Waals surface area contributed by atoms with Crippen LogP contribution in [0.5, 0.6) is 5.75 Å². The first-order valence-corrected chi connectivity index (χ1v) is 10.6. The number of hydrogen-bond donors (Lipinski definition) is 0. The fourth-order valence-electron chi connectivity index (χ4n) is 3.69. The molecule has 158 valence electrons. The van der Waals surface area contributed by atoms with Gasteiger partial charge in [-0.2, -0.15) is 0 Å². The molecular formula is C22H23Cl2N3O3. The number of halogens is 2. The van der Waals surface area contributed by atoms with Gasteiger partial charge in [0, 0.05) is 39.1 Å². The van der Waals surface area contributed by atoms with E-state index in [4.69, 9.17) is 32.8 Å². The molecule has 30 heavy (non-hydrogen) atoms. The first kappa shape index (κ1) is 21.0. The Bertz CT molecular complexity index is 941. The third kappa shape index (κ3) is 4.72. The molecule has 0 radical (unpaired) electrons. The van der Waals surface area contributed by atoms with Crippen molar-refractivity contribution in [3.05, 3.63) is 63.6 Å². The number of carbonyl (C=O) groups is 1. The maximum absolute atomic E-state index is 12.9. The number of amides is 1. The molecule has 2 aromatic rings. The second-order valence-corrected chi connectivity index (χ2v) is 8.23. The minimum atomic E-state index is -0.552. The number of oxime groups is 1. The molecule has 2 aliphatic heterocycles. The lowest BCUT2D eigenvalue weighted by atomic mass is 10.0. The summed E-state index contributed by atoms with van der Waals surface area (Å²) in [5.41, 5.74) is 2.84. The quantitative estimate of drug-likeness (QED) is 0.698. The molecule has 0 aromatic heterocycles. The van der Waals surface area contributed by atoms with Crippen LogP contribution in [0.4, 0.5) is 0 Å². The van der Waals surface area contributed by atoms with Gasteiger partial charge in [-0.3, -0.25) is 9.69 Å². The largest absolute Gasteiger partial charge is 0.497 e. The highest BCUT2D eigenvalue weighted by atomic mass is 35.5. The molecule has 6 nitrogen and oxygen atoms in total. The summed E-state index contributed by atoms with van der Waals surface area (Å²) in [4.78, 5) is 22.5. The summed E-state index contributed by atoms with van der Waals surface area (Å²) in [5, 5.41) is 5.26. The van der Waals surface area contributed by atoms with E-state index in [0.717, 1.165) is 42.2 Å². The van der Waals surface area contributed by atoms with Gasteiger partial charge in [0.05, 0.1) is 22.9 Å². The van der Waals surface area contributed by atoms with Crippen LogP contribution < -0.4 is 4.74 Å². The summed E-state index contributed by atoms with van der Waals surface area (Å²) in [6, 6.07) is 13.3. The highest BCUT2D eigenvalue weighted by molar-refractivity contribution is 6.42. The number of methoxy groups -OCH3 is 1. The molecule has 0 aliphatic carbocycles. The van der Waals surface area contributed by atoms with Gasteiger partial charge in [-0.05, 0) is 47.5 Å². The predicted molar refractivity (Wildman–Crippen MR) is 117 cm³/mol. The number of piperazine rings is 1. The van der Waals surface area contributed by atoms with Crippen molar-refractivity contribution in [1.82, 2.24) is 9.80 Å². The Morgan fingerprint density at radius 1 is 1.10 bits per heavy atom. The molecule has 2 aliphatic rings. The molecule has 1 atom stereocenters. The lowest BCUT2D eigenvalue weighted by Crippen LogP contribution is -2.51. The van der Waals surface area contributed by atoms with E-state index in [1.54, 1.807) is 7.11 Å². The third-order valence-electron chi connectivity index (χ3n) is 5.44. The lowest BCUT2D eigenvalue weighted by molar-refractivity contribution is -0.143. The van der Waals surface area contributed by atoms with E-state index in [0.29, 0.717) is 29.6 Å². The number of benzene rings is 2. The Balaban J connectivity index is 1.27. The number of carbonyl (C=O) groups excluding carboxylic acids is 1. The zero-order chi connectivity index (χ0) is 21.1. The van der Waals surface area contributed by atoms with Crippen LogP contribution in [0.15, 0.2) is 47.6 Å². The maximum Gasteiger partial charge on any atom is 0.266 e. The monoisotopic (exact) mass is 447 g/mol. The fraction of sp³-hybridized carbons (Fsp3) is 0.364. The van der Waals surface area contributed by atoms with Gasteiger partial charge in [-0.1, -0.05) is 34.4 Å². The molecule has 0 N–H and O–H groups in total. The minimum absolute atomic E-state index is 0.00329. The van der Waals surface area contributed by atoms with Crippen molar-refractivity contribution >= 4 is 34.8 Å². The van der Waals surface area contributed by atoms with Gasteiger partial charge in [0.2, 0.25) is 6.10 Å². The van der Waals surface area contributed by atoms with Crippen LogP contribution in [0, 0.1) is 0 Å². The Labute approximate surface area is 185 Å². The topological polar surface area (TPSA) is 54.4 Å². The van der Waals surface area contributed by atoms with Gasteiger partial charge in [0.15, 0.2) is 0 Å². The van der Waals surface area contributed by atoms with Gasteiger partial charge < -0.3 is 14.5 Å². The Kier molecular flexibility index (Phi) is 6.46. The van der Waals surface area contributed by atoms with Crippen LogP contribution in [-0.2, 0) is 16.2 Å².